The number of carbonyl (C=O) groups excluding carboxylic acids is 3. The molecule has 31 heavy (non-hydrogen) atoms. The van der Waals surface area contributed by atoms with Crippen molar-refractivity contribution in [1.29, 1.82) is 0 Å². The summed E-state index contributed by atoms with van der Waals surface area (Å²) in [5.41, 5.74) is -2.60. The minimum absolute atomic E-state index is 0.125. The highest BCUT2D eigenvalue weighted by atomic mass is 19.1. The molecule has 162 valence electrons. The molecule has 2 aliphatic rings. The summed E-state index contributed by atoms with van der Waals surface area (Å²) in [5.74, 6) is -6.40. The Bertz CT molecular complexity index is 1170. The number of ketones is 1. The lowest BCUT2D eigenvalue weighted by atomic mass is 10.1. The maximum atomic E-state index is 13.8. The number of benzene rings is 1. The van der Waals surface area contributed by atoms with Gasteiger partial charge < -0.3 is 19.9 Å². The highest BCUT2D eigenvalue weighted by Crippen LogP contribution is 2.31. The molecule has 0 spiro atoms. The lowest BCUT2D eigenvalue weighted by Gasteiger charge is -2.34. The predicted molar refractivity (Wildman–Crippen MR) is 99.0 cm³/mol. The summed E-state index contributed by atoms with van der Waals surface area (Å²) in [5, 5.41) is 12.5. The summed E-state index contributed by atoms with van der Waals surface area (Å²) < 4.78 is 41.9. The summed E-state index contributed by atoms with van der Waals surface area (Å²) in [6.07, 6.45) is 1.62. The summed E-state index contributed by atoms with van der Waals surface area (Å²) in [6, 6.07) is 0.466. The number of halogens is 3. The first-order valence-electron chi connectivity index (χ1n) is 9.38. The topological polar surface area (TPSA) is 109 Å². The number of aromatic hydroxyl groups is 1. The van der Waals surface area contributed by atoms with Crippen LogP contribution in [0.4, 0.5) is 13.2 Å². The minimum Gasteiger partial charge on any atom is -0.503 e. The minimum atomic E-state index is -1.21. The van der Waals surface area contributed by atoms with Crippen LogP contribution in [-0.4, -0.2) is 45.3 Å². The maximum absolute atomic E-state index is 13.8. The monoisotopic (exact) mass is 435 g/mol. The summed E-state index contributed by atoms with van der Waals surface area (Å²) in [7, 11) is 0. The van der Waals surface area contributed by atoms with Crippen LogP contribution in [0.25, 0.3) is 0 Å². The quantitative estimate of drug-likeness (QED) is 0.755. The first-order valence-corrected chi connectivity index (χ1v) is 9.38. The highest BCUT2D eigenvalue weighted by Gasteiger charge is 2.38. The van der Waals surface area contributed by atoms with Crippen molar-refractivity contribution >= 4 is 17.6 Å². The van der Waals surface area contributed by atoms with Crippen molar-refractivity contribution < 1.29 is 32.7 Å². The number of fused-ring (bicyclic) bond motifs is 4. The summed E-state index contributed by atoms with van der Waals surface area (Å²) in [6.45, 7) is -0.629. The molecular weight excluding hydrogens is 419 g/mol. The number of nitrogens with one attached hydrogen (secondary N) is 1. The van der Waals surface area contributed by atoms with Gasteiger partial charge in [-0.15, -0.1) is 0 Å². The van der Waals surface area contributed by atoms with Gasteiger partial charge in [-0.25, -0.2) is 13.2 Å². The molecule has 0 radical (unpaired) electrons. The van der Waals surface area contributed by atoms with E-state index in [0.717, 1.165) is 6.20 Å². The van der Waals surface area contributed by atoms with E-state index < -0.39 is 64.2 Å². The fraction of sp³-hybridized carbons (Fsp3) is 0.300. The smallest absolute Gasteiger partial charge is 0.274 e. The Hall–Kier alpha value is -3.63. The molecule has 0 unspecified atom stereocenters. The number of carbonyl (C=O) groups is 3. The van der Waals surface area contributed by atoms with E-state index in [1.807, 2.05) is 0 Å². The molecule has 2 bridgehead atoms. The molecule has 2 N–H and O–H groups in total. The highest BCUT2D eigenvalue weighted by molar-refractivity contribution is 6.00. The second-order valence-corrected chi connectivity index (χ2v) is 7.42. The van der Waals surface area contributed by atoms with Crippen LogP contribution in [0, 0.1) is 17.5 Å². The fourth-order valence-corrected chi connectivity index (χ4v) is 3.85. The van der Waals surface area contributed by atoms with Gasteiger partial charge >= 0.3 is 0 Å². The van der Waals surface area contributed by atoms with Gasteiger partial charge in [0.25, 0.3) is 11.8 Å². The first kappa shape index (κ1) is 20.6. The van der Waals surface area contributed by atoms with Crippen LogP contribution in [-0.2, 0) is 11.3 Å². The molecule has 1 aromatic heterocycles. The lowest BCUT2D eigenvalue weighted by molar-refractivity contribution is -0.119. The van der Waals surface area contributed by atoms with Gasteiger partial charge in [0.1, 0.15) is 23.0 Å². The zero-order valence-electron chi connectivity index (χ0n) is 16.0. The molecule has 1 atom stereocenters. The van der Waals surface area contributed by atoms with Crippen LogP contribution in [0.5, 0.6) is 5.75 Å². The van der Waals surface area contributed by atoms with Crippen molar-refractivity contribution in [2.24, 2.45) is 0 Å². The number of Topliss-reactive ketones (excluding diaryl/α,β-unsaturated/α-hetero) is 1. The number of nitrogens with zero attached hydrogens (tertiary/aromatic N) is 2. The van der Waals surface area contributed by atoms with Gasteiger partial charge in [-0.05, 0) is 6.42 Å². The lowest BCUT2D eigenvalue weighted by Crippen LogP contribution is -2.45. The molecular formula is C20H16F3N3O5. The summed E-state index contributed by atoms with van der Waals surface area (Å²) >= 11 is 0. The first-order chi connectivity index (χ1) is 14.7. The van der Waals surface area contributed by atoms with E-state index in [-0.39, 0.29) is 31.0 Å². The third kappa shape index (κ3) is 3.56. The number of amides is 2. The molecule has 1 saturated heterocycles. The van der Waals surface area contributed by atoms with E-state index in [9.17, 15) is 37.5 Å². The van der Waals surface area contributed by atoms with Crippen molar-refractivity contribution in [3.05, 3.63) is 62.8 Å². The molecule has 11 heteroatoms. The van der Waals surface area contributed by atoms with Crippen LogP contribution in [0.3, 0.4) is 0 Å². The Morgan fingerprint density at radius 3 is 2.52 bits per heavy atom. The van der Waals surface area contributed by atoms with E-state index >= 15 is 0 Å². The molecule has 1 aromatic carbocycles. The van der Waals surface area contributed by atoms with Crippen LogP contribution < -0.4 is 10.7 Å². The fourth-order valence-electron chi connectivity index (χ4n) is 3.85. The summed E-state index contributed by atoms with van der Waals surface area (Å²) in [4.78, 5) is 50.8. The maximum Gasteiger partial charge on any atom is 0.274 e. The van der Waals surface area contributed by atoms with Gasteiger partial charge in [-0.3, -0.25) is 19.2 Å². The van der Waals surface area contributed by atoms with E-state index in [1.54, 1.807) is 0 Å². The van der Waals surface area contributed by atoms with E-state index in [2.05, 4.69) is 5.32 Å². The number of pyridine rings is 1. The van der Waals surface area contributed by atoms with Gasteiger partial charge in [-0.2, -0.15) is 0 Å². The molecule has 2 aromatic rings. The Balaban J connectivity index is 1.67. The average molecular weight is 435 g/mol. The van der Waals surface area contributed by atoms with Crippen LogP contribution in [0.1, 0.15) is 45.3 Å². The SMILES string of the molecule is O=C1CC[C@H]2CN(C1)C(=O)c1c(O)c(=O)c(C(=O)NCc3c(F)cc(F)cc3F)cn12. The zero-order chi connectivity index (χ0) is 22.4. The second kappa shape index (κ2) is 7.56. The zero-order valence-corrected chi connectivity index (χ0v) is 16.0. The number of hydrogen-bond donors (Lipinski definition) is 2. The van der Waals surface area contributed by atoms with Gasteiger partial charge in [0, 0.05) is 43.4 Å². The number of hydrogen-bond acceptors (Lipinski definition) is 5. The third-order valence-corrected chi connectivity index (χ3v) is 5.42. The van der Waals surface area contributed by atoms with Crippen LogP contribution >= 0.6 is 0 Å². The Morgan fingerprint density at radius 1 is 1.16 bits per heavy atom. The Kier molecular flexibility index (Phi) is 5.03. The molecule has 3 heterocycles. The van der Waals surface area contributed by atoms with Crippen LogP contribution in [0.15, 0.2) is 23.1 Å². The predicted octanol–water partition coefficient (Wildman–Crippen LogP) is 1.26. The van der Waals surface area contributed by atoms with Crippen LogP contribution in [0.2, 0.25) is 0 Å². The van der Waals surface area contributed by atoms with Crippen molar-refractivity contribution in [2.75, 3.05) is 13.1 Å². The molecule has 2 aliphatic heterocycles. The van der Waals surface area contributed by atoms with Gasteiger partial charge in [0.15, 0.2) is 17.2 Å². The van der Waals surface area contributed by atoms with Crippen molar-refractivity contribution in [2.45, 2.75) is 25.4 Å². The Labute approximate surface area is 172 Å². The Morgan fingerprint density at radius 2 is 1.84 bits per heavy atom. The van der Waals surface area contributed by atoms with Gasteiger partial charge in [-0.1, -0.05) is 0 Å². The van der Waals surface area contributed by atoms with Gasteiger partial charge in [0.2, 0.25) is 5.43 Å². The normalized spacial score (nSPS) is 17.9. The molecule has 8 nitrogen and oxygen atoms in total. The standard InChI is InChI=1S/C20H16F3N3O5/c21-9-3-14(22)12(15(23)4-9)5-24-19(30)13-8-26-10-1-2-11(27)7-25(6-10)20(31)16(26)18(29)17(13)28/h3-4,8,10,29H,1-2,5-7H2,(H,24,30)/t10-/m0/s1. The van der Waals surface area contributed by atoms with E-state index in [4.69, 9.17) is 0 Å². The molecule has 0 aliphatic carbocycles. The number of rotatable bonds is 3. The van der Waals surface area contributed by atoms with E-state index in [0.29, 0.717) is 18.6 Å². The van der Waals surface area contributed by atoms with Crippen molar-refractivity contribution in [3.63, 3.8) is 0 Å². The molecule has 4 rings (SSSR count). The molecule has 0 saturated carbocycles. The molecule has 1 fully saturated rings. The molecule has 2 amide bonds. The van der Waals surface area contributed by atoms with Gasteiger partial charge in [0.05, 0.1) is 12.6 Å². The van der Waals surface area contributed by atoms with E-state index in [1.165, 1.54) is 9.47 Å². The van der Waals surface area contributed by atoms with Crippen molar-refractivity contribution in [1.82, 2.24) is 14.8 Å². The largest absolute Gasteiger partial charge is 0.503 e. The average Bonchev–Trinajstić information content (AvgIpc) is 2.87. The third-order valence-electron chi connectivity index (χ3n) is 5.42. The van der Waals surface area contributed by atoms with Crippen molar-refractivity contribution in [3.8, 4) is 5.75 Å². The second-order valence-electron chi connectivity index (χ2n) is 7.42. The number of aromatic nitrogens is 1.